The van der Waals surface area contributed by atoms with Gasteiger partial charge in [-0.2, -0.15) is 0 Å². The van der Waals surface area contributed by atoms with E-state index >= 15 is 0 Å². The number of hydrogen-bond donors (Lipinski definition) is 0. The van der Waals surface area contributed by atoms with Crippen LogP contribution in [0.1, 0.15) is 0 Å². The van der Waals surface area contributed by atoms with Crippen molar-refractivity contribution in [3.8, 4) is 11.5 Å². The molecule has 0 atom stereocenters. The van der Waals surface area contributed by atoms with Gasteiger partial charge in [0, 0.05) is 11.5 Å². The van der Waals surface area contributed by atoms with Crippen LogP contribution in [0.3, 0.4) is 0 Å². The molecule has 0 amide bonds. The summed E-state index contributed by atoms with van der Waals surface area (Å²) in [6.45, 7) is 1.05. The zero-order valence-electron chi connectivity index (χ0n) is 8.16. The topological polar surface area (TPSA) is 48.7 Å². The Bertz CT molecular complexity index is 617. The lowest BCUT2D eigenvalue weighted by Crippen LogP contribution is -2.15. The van der Waals surface area contributed by atoms with Gasteiger partial charge in [-0.1, -0.05) is 0 Å². The molecular weight excluding hydrogens is 276 g/mol. The molecule has 0 spiro atoms. The van der Waals surface area contributed by atoms with Gasteiger partial charge < -0.3 is 13.9 Å². The molecule has 1 aromatic carbocycles. The standard InChI is InChI=1S/C11H7BrO4/c12-7-3-6-4-9-10(15-2-1-14-9)5-8(6)16-11(7)13/h3-5H,1-2H2. The lowest BCUT2D eigenvalue weighted by Gasteiger charge is -2.18. The van der Waals surface area contributed by atoms with Gasteiger partial charge in [0.1, 0.15) is 23.3 Å². The Labute approximate surface area is 98.9 Å². The second kappa shape index (κ2) is 3.52. The van der Waals surface area contributed by atoms with E-state index in [4.69, 9.17) is 13.9 Å². The zero-order chi connectivity index (χ0) is 11.1. The largest absolute Gasteiger partial charge is 0.486 e. The number of hydrogen-bond acceptors (Lipinski definition) is 4. The Morgan fingerprint density at radius 1 is 1.06 bits per heavy atom. The predicted octanol–water partition coefficient (Wildman–Crippen LogP) is 2.33. The van der Waals surface area contributed by atoms with Gasteiger partial charge in [0.15, 0.2) is 11.5 Å². The first-order valence-corrected chi connectivity index (χ1v) is 5.56. The number of ether oxygens (including phenoxy) is 2. The van der Waals surface area contributed by atoms with Crippen molar-refractivity contribution in [2.75, 3.05) is 13.2 Å². The minimum absolute atomic E-state index is 0.399. The summed E-state index contributed by atoms with van der Waals surface area (Å²) in [5, 5.41) is 0.802. The Morgan fingerprint density at radius 3 is 2.50 bits per heavy atom. The molecule has 0 N–H and O–H groups in total. The van der Waals surface area contributed by atoms with E-state index in [9.17, 15) is 4.79 Å². The third-order valence-corrected chi connectivity index (χ3v) is 2.91. The Morgan fingerprint density at radius 2 is 1.75 bits per heavy atom. The maximum absolute atomic E-state index is 11.3. The van der Waals surface area contributed by atoms with Crippen molar-refractivity contribution in [3.05, 3.63) is 33.1 Å². The average molecular weight is 283 g/mol. The minimum atomic E-state index is -0.399. The quantitative estimate of drug-likeness (QED) is 0.696. The molecule has 1 aliphatic rings. The Hall–Kier alpha value is -1.49. The van der Waals surface area contributed by atoms with E-state index in [1.807, 2.05) is 0 Å². The number of fused-ring (bicyclic) bond motifs is 2. The van der Waals surface area contributed by atoms with Gasteiger partial charge in [0.05, 0.1) is 0 Å². The summed E-state index contributed by atoms with van der Waals surface area (Å²) in [7, 11) is 0. The zero-order valence-corrected chi connectivity index (χ0v) is 9.74. The van der Waals surface area contributed by atoms with Gasteiger partial charge >= 0.3 is 5.63 Å². The molecule has 0 saturated carbocycles. The molecule has 82 valence electrons. The van der Waals surface area contributed by atoms with E-state index in [1.165, 1.54) is 0 Å². The maximum Gasteiger partial charge on any atom is 0.350 e. The molecule has 5 heteroatoms. The van der Waals surface area contributed by atoms with E-state index in [2.05, 4.69) is 15.9 Å². The molecular formula is C11H7BrO4. The Balaban J connectivity index is 2.31. The first-order chi connectivity index (χ1) is 7.74. The average Bonchev–Trinajstić information content (AvgIpc) is 2.28. The Kier molecular flexibility index (Phi) is 2.14. The van der Waals surface area contributed by atoms with Crippen LogP contribution in [-0.2, 0) is 0 Å². The van der Waals surface area contributed by atoms with Crippen molar-refractivity contribution in [1.82, 2.24) is 0 Å². The van der Waals surface area contributed by atoms with Gasteiger partial charge in [-0.3, -0.25) is 0 Å². The molecule has 3 rings (SSSR count). The van der Waals surface area contributed by atoms with E-state index in [-0.39, 0.29) is 0 Å². The van der Waals surface area contributed by atoms with Crippen LogP contribution in [-0.4, -0.2) is 13.2 Å². The summed E-state index contributed by atoms with van der Waals surface area (Å²) in [6.07, 6.45) is 0. The number of benzene rings is 1. The highest BCUT2D eigenvalue weighted by Gasteiger charge is 2.14. The molecule has 0 fully saturated rings. The fourth-order valence-electron chi connectivity index (χ4n) is 1.63. The fraction of sp³-hybridized carbons (Fsp3) is 0.182. The van der Waals surface area contributed by atoms with Crippen molar-refractivity contribution >= 4 is 26.9 Å². The van der Waals surface area contributed by atoms with Gasteiger partial charge in [-0.15, -0.1) is 0 Å². The van der Waals surface area contributed by atoms with Crippen LogP contribution in [0.4, 0.5) is 0 Å². The molecule has 0 saturated heterocycles. The lowest BCUT2D eigenvalue weighted by molar-refractivity contribution is 0.172. The third kappa shape index (κ3) is 1.48. The SMILES string of the molecule is O=c1oc2cc3c(cc2cc1Br)OCCO3. The van der Waals surface area contributed by atoms with E-state index in [1.54, 1.807) is 18.2 Å². The second-order valence-electron chi connectivity index (χ2n) is 3.42. The first-order valence-electron chi connectivity index (χ1n) is 4.77. The molecule has 1 aliphatic heterocycles. The molecule has 0 bridgehead atoms. The van der Waals surface area contributed by atoms with Crippen LogP contribution in [0, 0.1) is 0 Å². The van der Waals surface area contributed by atoms with Crippen molar-refractivity contribution < 1.29 is 13.9 Å². The van der Waals surface area contributed by atoms with Gasteiger partial charge in [-0.05, 0) is 28.1 Å². The number of rotatable bonds is 0. The summed E-state index contributed by atoms with van der Waals surface area (Å²) in [4.78, 5) is 11.3. The van der Waals surface area contributed by atoms with Crippen LogP contribution in [0.25, 0.3) is 11.0 Å². The molecule has 0 unspecified atom stereocenters. The van der Waals surface area contributed by atoms with Crippen LogP contribution in [0.5, 0.6) is 11.5 Å². The van der Waals surface area contributed by atoms with Crippen LogP contribution in [0.15, 0.2) is 31.9 Å². The van der Waals surface area contributed by atoms with Crippen molar-refractivity contribution in [2.24, 2.45) is 0 Å². The molecule has 0 aliphatic carbocycles. The number of halogens is 1. The van der Waals surface area contributed by atoms with Crippen molar-refractivity contribution in [3.63, 3.8) is 0 Å². The highest BCUT2D eigenvalue weighted by molar-refractivity contribution is 9.10. The monoisotopic (exact) mass is 282 g/mol. The predicted molar refractivity (Wildman–Crippen MR) is 61.2 cm³/mol. The first kappa shape index (κ1) is 9.72. The highest BCUT2D eigenvalue weighted by atomic mass is 79.9. The summed E-state index contributed by atoms with van der Waals surface area (Å²) in [5.41, 5.74) is 0.0987. The van der Waals surface area contributed by atoms with Crippen molar-refractivity contribution in [2.45, 2.75) is 0 Å². The maximum atomic E-state index is 11.3. The minimum Gasteiger partial charge on any atom is -0.486 e. The molecule has 1 aromatic heterocycles. The molecule has 2 heterocycles. The summed E-state index contributed by atoms with van der Waals surface area (Å²) in [6, 6.07) is 5.19. The molecule has 4 nitrogen and oxygen atoms in total. The van der Waals surface area contributed by atoms with Gasteiger partial charge in [-0.25, -0.2) is 4.79 Å². The highest BCUT2D eigenvalue weighted by Crippen LogP contribution is 2.34. The third-order valence-electron chi connectivity index (χ3n) is 2.35. The van der Waals surface area contributed by atoms with Crippen molar-refractivity contribution in [1.29, 1.82) is 0 Å². The molecule has 2 aromatic rings. The van der Waals surface area contributed by atoms with E-state index < -0.39 is 5.63 Å². The smallest absolute Gasteiger partial charge is 0.350 e. The fourth-order valence-corrected chi connectivity index (χ4v) is 1.96. The van der Waals surface area contributed by atoms with E-state index in [0.29, 0.717) is 34.8 Å². The molecule has 16 heavy (non-hydrogen) atoms. The van der Waals surface area contributed by atoms with Gasteiger partial charge in [0.25, 0.3) is 0 Å². The van der Waals surface area contributed by atoms with Crippen LogP contribution in [0.2, 0.25) is 0 Å². The lowest BCUT2D eigenvalue weighted by atomic mass is 10.2. The molecule has 0 radical (unpaired) electrons. The van der Waals surface area contributed by atoms with E-state index in [0.717, 1.165) is 5.39 Å². The van der Waals surface area contributed by atoms with Crippen LogP contribution >= 0.6 is 15.9 Å². The van der Waals surface area contributed by atoms with Gasteiger partial charge in [0.2, 0.25) is 0 Å². The van der Waals surface area contributed by atoms with Crippen LogP contribution < -0.4 is 15.1 Å². The summed E-state index contributed by atoms with van der Waals surface area (Å²) in [5.74, 6) is 1.30. The second-order valence-corrected chi connectivity index (χ2v) is 4.27. The summed E-state index contributed by atoms with van der Waals surface area (Å²) >= 11 is 3.13. The summed E-state index contributed by atoms with van der Waals surface area (Å²) < 4.78 is 16.4. The normalized spacial score (nSPS) is 14.1.